The molecule has 0 amide bonds. The van der Waals surface area contributed by atoms with Crippen molar-refractivity contribution >= 4 is 9.84 Å². The molecule has 0 heterocycles. The normalized spacial score (nSPS) is 18.4. The number of hydrogen-bond acceptors (Lipinski definition) is 3. The van der Waals surface area contributed by atoms with E-state index in [1.165, 1.54) is 0 Å². The third kappa shape index (κ3) is 2.28. The lowest BCUT2D eigenvalue weighted by Gasteiger charge is -2.12. The summed E-state index contributed by atoms with van der Waals surface area (Å²) in [6.07, 6.45) is 2.32. The molecular formula is C12H17NO2S. The molecule has 1 fully saturated rings. The van der Waals surface area contributed by atoms with E-state index >= 15 is 0 Å². The first kappa shape index (κ1) is 11.6. The van der Waals surface area contributed by atoms with Gasteiger partial charge in [0.15, 0.2) is 9.84 Å². The molecule has 1 aliphatic rings. The smallest absolute Gasteiger partial charge is 0.178 e. The molecule has 2 rings (SSSR count). The predicted molar refractivity (Wildman–Crippen MR) is 63.8 cm³/mol. The molecule has 0 aliphatic heterocycles. The third-order valence-corrected chi connectivity index (χ3v) is 4.84. The molecule has 2 N–H and O–H groups in total. The third-order valence-electron chi connectivity index (χ3n) is 3.11. The Bertz CT molecular complexity index is 478. The fourth-order valence-corrected chi connectivity index (χ4v) is 2.74. The molecule has 0 spiro atoms. The molecule has 1 aromatic carbocycles. The SMILES string of the molecule is CCS(=O)(=O)c1cccc([C@H](N)C2CC2)c1. The first-order valence-corrected chi connectivity index (χ1v) is 7.28. The Hall–Kier alpha value is -0.870. The van der Waals surface area contributed by atoms with Crippen LogP contribution >= 0.6 is 0 Å². The van der Waals surface area contributed by atoms with Crippen molar-refractivity contribution in [1.82, 2.24) is 0 Å². The Morgan fingerprint density at radius 3 is 2.69 bits per heavy atom. The molecule has 4 heteroatoms. The summed E-state index contributed by atoms with van der Waals surface area (Å²) in [7, 11) is -3.12. The minimum atomic E-state index is -3.12. The zero-order valence-electron chi connectivity index (χ0n) is 9.39. The van der Waals surface area contributed by atoms with Crippen LogP contribution in [0.2, 0.25) is 0 Å². The molecule has 0 aromatic heterocycles. The zero-order chi connectivity index (χ0) is 11.8. The van der Waals surface area contributed by atoms with Crippen LogP contribution < -0.4 is 5.73 Å². The second-order valence-electron chi connectivity index (χ2n) is 4.34. The first-order valence-electron chi connectivity index (χ1n) is 5.63. The molecule has 16 heavy (non-hydrogen) atoms. The van der Waals surface area contributed by atoms with Crippen molar-refractivity contribution in [2.24, 2.45) is 11.7 Å². The number of rotatable bonds is 4. The van der Waals surface area contributed by atoms with Gasteiger partial charge < -0.3 is 5.73 Å². The van der Waals surface area contributed by atoms with Crippen molar-refractivity contribution in [1.29, 1.82) is 0 Å². The van der Waals surface area contributed by atoms with Gasteiger partial charge in [0.2, 0.25) is 0 Å². The Morgan fingerprint density at radius 1 is 1.44 bits per heavy atom. The minimum absolute atomic E-state index is 0.00740. The summed E-state index contributed by atoms with van der Waals surface area (Å²) >= 11 is 0. The first-order chi connectivity index (χ1) is 7.54. The maximum atomic E-state index is 11.7. The van der Waals surface area contributed by atoms with Gasteiger partial charge >= 0.3 is 0 Å². The van der Waals surface area contributed by atoms with Crippen molar-refractivity contribution in [3.05, 3.63) is 29.8 Å². The standard InChI is InChI=1S/C12H17NO2S/c1-2-16(14,15)11-5-3-4-10(8-11)12(13)9-6-7-9/h3-5,8-9,12H,2,6-7,13H2,1H3/t12-/m1/s1. The summed E-state index contributed by atoms with van der Waals surface area (Å²) in [6.45, 7) is 1.66. The molecule has 3 nitrogen and oxygen atoms in total. The molecule has 88 valence electrons. The number of sulfone groups is 1. The van der Waals surface area contributed by atoms with E-state index in [1.54, 1.807) is 25.1 Å². The fraction of sp³-hybridized carbons (Fsp3) is 0.500. The molecule has 1 atom stereocenters. The fourth-order valence-electron chi connectivity index (χ4n) is 1.81. The van der Waals surface area contributed by atoms with Crippen LogP contribution in [0.5, 0.6) is 0 Å². The van der Waals surface area contributed by atoms with Crippen molar-refractivity contribution in [2.45, 2.75) is 30.7 Å². The van der Waals surface area contributed by atoms with Gasteiger partial charge in [0.25, 0.3) is 0 Å². The second-order valence-corrected chi connectivity index (χ2v) is 6.62. The summed E-state index contributed by atoms with van der Waals surface area (Å²) < 4.78 is 23.4. The van der Waals surface area contributed by atoms with Crippen molar-refractivity contribution in [2.75, 3.05) is 5.75 Å². The van der Waals surface area contributed by atoms with Gasteiger partial charge in [0, 0.05) is 6.04 Å². The highest BCUT2D eigenvalue weighted by atomic mass is 32.2. The lowest BCUT2D eigenvalue weighted by molar-refractivity contribution is 0.595. The number of benzene rings is 1. The van der Waals surface area contributed by atoms with Crippen LogP contribution in [0.25, 0.3) is 0 Å². The van der Waals surface area contributed by atoms with E-state index in [1.807, 2.05) is 6.07 Å². The Morgan fingerprint density at radius 2 is 2.12 bits per heavy atom. The van der Waals surface area contributed by atoms with Gasteiger partial charge in [-0.2, -0.15) is 0 Å². The quantitative estimate of drug-likeness (QED) is 0.872. The van der Waals surface area contributed by atoms with Crippen LogP contribution in [0.4, 0.5) is 0 Å². The molecule has 0 radical (unpaired) electrons. The molecular weight excluding hydrogens is 222 g/mol. The lowest BCUT2D eigenvalue weighted by Crippen LogP contribution is -2.13. The van der Waals surface area contributed by atoms with Crippen LogP contribution in [0.1, 0.15) is 31.4 Å². The average Bonchev–Trinajstić information content (AvgIpc) is 3.12. The van der Waals surface area contributed by atoms with E-state index in [0.29, 0.717) is 10.8 Å². The summed E-state index contributed by atoms with van der Waals surface area (Å²) in [6, 6.07) is 7.05. The van der Waals surface area contributed by atoms with Crippen molar-refractivity contribution in [3.63, 3.8) is 0 Å². The van der Waals surface area contributed by atoms with Gasteiger partial charge in [-0.1, -0.05) is 19.1 Å². The van der Waals surface area contributed by atoms with Crippen LogP contribution in [0.15, 0.2) is 29.2 Å². The molecule has 1 saturated carbocycles. The summed E-state index contributed by atoms with van der Waals surface area (Å²) in [5.74, 6) is 0.675. The minimum Gasteiger partial charge on any atom is -0.324 e. The highest BCUT2D eigenvalue weighted by molar-refractivity contribution is 7.91. The van der Waals surface area contributed by atoms with Gasteiger partial charge in [-0.05, 0) is 36.5 Å². The maximum absolute atomic E-state index is 11.7. The van der Waals surface area contributed by atoms with Gasteiger partial charge in [0.1, 0.15) is 0 Å². The van der Waals surface area contributed by atoms with E-state index in [9.17, 15) is 8.42 Å². The topological polar surface area (TPSA) is 60.2 Å². The summed E-state index contributed by atoms with van der Waals surface area (Å²) in [4.78, 5) is 0.392. The predicted octanol–water partition coefficient (Wildman–Crippen LogP) is 1.89. The highest BCUT2D eigenvalue weighted by Crippen LogP contribution is 2.39. The molecule has 1 aliphatic carbocycles. The van der Waals surface area contributed by atoms with Crippen molar-refractivity contribution in [3.8, 4) is 0 Å². The van der Waals surface area contributed by atoms with Crippen LogP contribution in [0.3, 0.4) is 0 Å². The number of hydrogen-bond donors (Lipinski definition) is 1. The Balaban J connectivity index is 2.32. The van der Waals surface area contributed by atoms with Crippen LogP contribution in [-0.2, 0) is 9.84 Å². The monoisotopic (exact) mass is 239 g/mol. The van der Waals surface area contributed by atoms with Gasteiger partial charge in [0.05, 0.1) is 10.6 Å². The van der Waals surface area contributed by atoms with Gasteiger partial charge in [-0.3, -0.25) is 0 Å². The van der Waals surface area contributed by atoms with Gasteiger partial charge in [-0.25, -0.2) is 8.42 Å². The summed E-state index contributed by atoms with van der Waals surface area (Å²) in [5, 5.41) is 0. The molecule has 0 bridgehead atoms. The van der Waals surface area contributed by atoms with E-state index in [0.717, 1.165) is 18.4 Å². The molecule has 0 unspecified atom stereocenters. The second kappa shape index (κ2) is 4.18. The maximum Gasteiger partial charge on any atom is 0.178 e. The lowest BCUT2D eigenvalue weighted by atomic mass is 10.0. The van der Waals surface area contributed by atoms with E-state index in [-0.39, 0.29) is 11.8 Å². The summed E-state index contributed by atoms with van der Waals surface area (Å²) in [5.41, 5.74) is 7.00. The van der Waals surface area contributed by atoms with Crippen molar-refractivity contribution < 1.29 is 8.42 Å². The van der Waals surface area contributed by atoms with Crippen LogP contribution in [-0.4, -0.2) is 14.2 Å². The van der Waals surface area contributed by atoms with E-state index < -0.39 is 9.84 Å². The van der Waals surface area contributed by atoms with E-state index in [2.05, 4.69) is 0 Å². The van der Waals surface area contributed by atoms with Crippen LogP contribution in [0, 0.1) is 5.92 Å². The molecule has 0 saturated heterocycles. The largest absolute Gasteiger partial charge is 0.324 e. The Kier molecular flexibility index (Phi) is 3.04. The number of nitrogens with two attached hydrogens (primary N) is 1. The Labute approximate surface area is 96.6 Å². The van der Waals surface area contributed by atoms with Gasteiger partial charge in [-0.15, -0.1) is 0 Å². The highest BCUT2D eigenvalue weighted by Gasteiger charge is 2.29. The van der Waals surface area contributed by atoms with E-state index in [4.69, 9.17) is 5.73 Å². The molecule has 1 aromatic rings. The zero-order valence-corrected chi connectivity index (χ0v) is 10.2. The average molecular weight is 239 g/mol.